The Morgan fingerprint density at radius 3 is 2.06 bits per heavy atom. The molecular formula is C40H68N6O8. The lowest BCUT2D eigenvalue weighted by Gasteiger charge is -2.41. The molecule has 1 aromatic rings. The van der Waals surface area contributed by atoms with E-state index in [1.165, 1.54) is 21.3 Å². The van der Waals surface area contributed by atoms with E-state index in [1.54, 1.807) is 30.7 Å². The van der Waals surface area contributed by atoms with E-state index >= 15 is 0 Å². The van der Waals surface area contributed by atoms with Crippen LogP contribution in [0.25, 0.3) is 0 Å². The van der Waals surface area contributed by atoms with Crippen LogP contribution in [-0.2, 0) is 44.6 Å². The van der Waals surface area contributed by atoms with Gasteiger partial charge in [0.15, 0.2) is 0 Å². The van der Waals surface area contributed by atoms with Crippen molar-refractivity contribution in [3.63, 3.8) is 0 Å². The van der Waals surface area contributed by atoms with E-state index in [2.05, 4.69) is 10.6 Å². The van der Waals surface area contributed by atoms with Crippen molar-refractivity contribution >= 4 is 29.6 Å². The number of hydrogen-bond donors (Lipinski definition) is 3. The lowest BCUT2D eigenvalue weighted by atomic mass is 9.89. The molecule has 14 nitrogen and oxygen atoms in total. The fourth-order valence-corrected chi connectivity index (χ4v) is 7.80. The second-order valence-corrected chi connectivity index (χ2v) is 15.4. The summed E-state index contributed by atoms with van der Waals surface area (Å²) >= 11 is 0. The Morgan fingerprint density at radius 2 is 1.56 bits per heavy atom. The fourth-order valence-electron chi connectivity index (χ4n) is 7.80. The molecular weight excluding hydrogens is 692 g/mol. The van der Waals surface area contributed by atoms with E-state index in [0.717, 1.165) is 5.56 Å². The van der Waals surface area contributed by atoms with Crippen molar-refractivity contribution < 1.29 is 38.2 Å². The van der Waals surface area contributed by atoms with Gasteiger partial charge in [-0.1, -0.05) is 71.4 Å². The number of amides is 4. The van der Waals surface area contributed by atoms with Crippen molar-refractivity contribution in [3.05, 3.63) is 35.9 Å². The summed E-state index contributed by atoms with van der Waals surface area (Å²) in [4.78, 5) is 73.1. The summed E-state index contributed by atoms with van der Waals surface area (Å²) in [6.07, 6.45) is 0.931. The molecule has 2 rings (SSSR count). The number of esters is 1. The molecule has 4 N–H and O–H groups in total. The van der Waals surface area contributed by atoms with E-state index in [1.807, 2.05) is 77.0 Å². The smallest absolute Gasteiger partial charge is 0.328 e. The average molecular weight is 761 g/mol. The van der Waals surface area contributed by atoms with Gasteiger partial charge in [0.05, 0.1) is 49.8 Å². The molecule has 1 aromatic carbocycles. The zero-order valence-electron chi connectivity index (χ0n) is 34.7. The number of carbonyl (C=O) groups is 5. The highest BCUT2D eigenvalue weighted by atomic mass is 16.5. The van der Waals surface area contributed by atoms with Gasteiger partial charge < -0.3 is 40.4 Å². The molecule has 1 heterocycles. The average Bonchev–Trinajstić information content (AvgIpc) is 3.62. The van der Waals surface area contributed by atoms with E-state index < -0.39 is 60.3 Å². The molecule has 0 radical (unpaired) electrons. The third-order valence-electron chi connectivity index (χ3n) is 10.9. The Balaban J connectivity index is 2.29. The van der Waals surface area contributed by atoms with Crippen LogP contribution in [0, 0.1) is 17.8 Å². The molecule has 0 aliphatic carbocycles. The van der Waals surface area contributed by atoms with Crippen molar-refractivity contribution in [1.82, 2.24) is 25.3 Å². The minimum atomic E-state index is -0.993. The lowest BCUT2D eigenvalue weighted by Crippen LogP contribution is -2.62. The quantitative estimate of drug-likeness (QED) is 0.158. The van der Waals surface area contributed by atoms with Crippen LogP contribution in [0.2, 0.25) is 0 Å². The first-order valence-electron chi connectivity index (χ1n) is 19.2. The number of nitrogens with one attached hydrogen (secondary N) is 2. The molecule has 0 aromatic heterocycles. The van der Waals surface area contributed by atoms with Crippen molar-refractivity contribution in [2.24, 2.45) is 23.5 Å². The highest BCUT2D eigenvalue weighted by Crippen LogP contribution is 2.29. The summed E-state index contributed by atoms with van der Waals surface area (Å²) in [6, 6.07) is 5.40. The lowest BCUT2D eigenvalue weighted by molar-refractivity contribution is -0.148. The molecule has 0 spiro atoms. The predicted molar refractivity (Wildman–Crippen MR) is 208 cm³/mol. The van der Waals surface area contributed by atoms with E-state index in [4.69, 9.17) is 19.9 Å². The van der Waals surface area contributed by atoms with Gasteiger partial charge in [-0.3, -0.25) is 24.1 Å². The number of hydrogen-bond acceptors (Lipinski definition) is 10. The molecule has 1 aliphatic heterocycles. The summed E-state index contributed by atoms with van der Waals surface area (Å²) in [7, 11) is 9.64. The van der Waals surface area contributed by atoms with Gasteiger partial charge in [-0.15, -0.1) is 0 Å². The molecule has 0 saturated carbocycles. The third kappa shape index (κ3) is 12.2. The fraction of sp³-hybridized carbons (Fsp3) is 0.725. The van der Waals surface area contributed by atoms with E-state index in [-0.39, 0.29) is 48.3 Å². The Morgan fingerprint density at radius 1 is 0.926 bits per heavy atom. The summed E-state index contributed by atoms with van der Waals surface area (Å²) < 4.78 is 16.9. The summed E-state index contributed by atoms with van der Waals surface area (Å²) in [5.74, 6) is -2.57. The van der Waals surface area contributed by atoms with Crippen molar-refractivity contribution in [1.29, 1.82) is 0 Å². The number of nitrogens with zero attached hydrogens (tertiary/aromatic N) is 3. The summed E-state index contributed by atoms with van der Waals surface area (Å²) in [5, 5.41) is 5.76. The topological polar surface area (TPSA) is 173 Å². The Labute approximate surface area is 323 Å². The molecule has 14 heteroatoms. The predicted octanol–water partition coefficient (Wildman–Crippen LogP) is 2.23. The third-order valence-corrected chi connectivity index (χ3v) is 10.9. The molecule has 54 heavy (non-hydrogen) atoms. The minimum absolute atomic E-state index is 0.000728. The largest absolute Gasteiger partial charge is 0.467 e. The number of likely N-dealkylation sites (N-methyl/N-ethyl adjacent to an activating group) is 2. The van der Waals surface area contributed by atoms with Gasteiger partial charge in [0.25, 0.3) is 0 Å². The highest BCUT2D eigenvalue weighted by Gasteiger charge is 2.43. The van der Waals surface area contributed by atoms with Crippen LogP contribution in [0.4, 0.5) is 0 Å². The number of rotatable bonds is 21. The van der Waals surface area contributed by atoms with Gasteiger partial charge in [-0.05, 0) is 51.3 Å². The van der Waals surface area contributed by atoms with Crippen molar-refractivity contribution in [2.45, 2.75) is 122 Å². The van der Waals surface area contributed by atoms with Gasteiger partial charge >= 0.3 is 5.97 Å². The van der Waals surface area contributed by atoms with Crippen LogP contribution in [0.5, 0.6) is 0 Å². The molecule has 10 atom stereocenters. The summed E-state index contributed by atoms with van der Waals surface area (Å²) in [5.41, 5.74) is 7.18. The maximum absolute atomic E-state index is 14.2. The van der Waals surface area contributed by atoms with Gasteiger partial charge in [-0.2, -0.15) is 0 Å². The van der Waals surface area contributed by atoms with Crippen LogP contribution in [0.1, 0.15) is 72.8 Å². The Kier molecular flexibility index (Phi) is 19.0. The van der Waals surface area contributed by atoms with Crippen molar-refractivity contribution in [2.75, 3.05) is 49.0 Å². The van der Waals surface area contributed by atoms with Gasteiger partial charge in [0.1, 0.15) is 12.1 Å². The second-order valence-electron chi connectivity index (χ2n) is 15.4. The van der Waals surface area contributed by atoms with E-state index in [9.17, 15) is 24.0 Å². The molecule has 1 saturated heterocycles. The normalized spacial score (nSPS) is 19.5. The molecule has 306 valence electrons. The molecule has 1 fully saturated rings. The standard InChI is InChI=1S/C40H68N6O8/c1-13-25(4)35(45(9)39(50)33(27(6)41)43-38(49)34(24(2)3)44(7)8)31(52-10)23-32(47)46-21-17-20-30(46)36(53-11)26(5)37(48)42-29(40(51)54-12)22-28-18-15-14-16-19-28/h14-16,18-19,24-27,29-31,33-36H,13,17,20-23,41H2,1-12H3,(H,42,48)(H,43,49)/t25-,26+,27-,29-,30-,31+,33-,34-,35-,36+/m0/s1. The minimum Gasteiger partial charge on any atom is -0.467 e. The first-order chi connectivity index (χ1) is 25.4. The first kappa shape index (κ1) is 46.6. The number of benzene rings is 1. The number of methoxy groups -OCH3 is 3. The molecule has 0 bridgehead atoms. The van der Waals surface area contributed by atoms with Crippen LogP contribution in [-0.4, -0.2) is 142 Å². The van der Waals surface area contributed by atoms with Crippen molar-refractivity contribution in [3.8, 4) is 0 Å². The highest BCUT2D eigenvalue weighted by molar-refractivity contribution is 5.90. The van der Waals surface area contributed by atoms with Crippen LogP contribution in [0.3, 0.4) is 0 Å². The monoisotopic (exact) mass is 761 g/mol. The number of carbonyl (C=O) groups excluding carboxylic acids is 5. The molecule has 4 amide bonds. The second kappa shape index (κ2) is 22.1. The number of ether oxygens (including phenoxy) is 3. The Bertz CT molecular complexity index is 1350. The summed E-state index contributed by atoms with van der Waals surface area (Å²) in [6.45, 7) is 11.8. The van der Waals surface area contributed by atoms with Crippen LogP contribution >= 0.6 is 0 Å². The zero-order valence-corrected chi connectivity index (χ0v) is 34.7. The maximum Gasteiger partial charge on any atom is 0.328 e. The maximum atomic E-state index is 14.2. The van der Waals surface area contributed by atoms with Gasteiger partial charge in [0, 0.05) is 40.3 Å². The number of likely N-dealkylation sites (tertiary alicyclic amines) is 1. The van der Waals surface area contributed by atoms with Gasteiger partial charge in [0.2, 0.25) is 23.6 Å². The van der Waals surface area contributed by atoms with E-state index in [0.29, 0.717) is 25.8 Å². The molecule has 0 unspecified atom stereocenters. The van der Waals surface area contributed by atoms with Crippen LogP contribution < -0.4 is 16.4 Å². The molecule has 1 aliphatic rings. The first-order valence-corrected chi connectivity index (χ1v) is 19.2. The Hall–Kier alpha value is -3.59. The zero-order chi connectivity index (χ0) is 40.9. The van der Waals surface area contributed by atoms with Crippen LogP contribution in [0.15, 0.2) is 30.3 Å². The SMILES string of the molecule is CC[C@H](C)[C@@H]([C@@H](CC(=O)N1CCC[C@H]1[C@H](OC)[C@@H](C)C(=O)N[C@@H](Cc1ccccc1)C(=O)OC)OC)N(C)C(=O)[C@@H](NC(=O)[C@H](C(C)C)N(C)C)[C@H](C)N. The van der Waals surface area contributed by atoms with Gasteiger partial charge in [-0.25, -0.2) is 4.79 Å². The number of nitrogens with two attached hydrogens (primary N) is 1.